The summed E-state index contributed by atoms with van der Waals surface area (Å²) >= 11 is 1.36. The largest absolute Gasteiger partial charge is 0.492 e. The van der Waals surface area contributed by atoms with Crippen LogP contribution in [0.3, 0.4) is 0 Å². The number of hydrogen-bond donors (Lipinski definition) is 1. The summed E-state index contributed by atoms with van der Waals surface area (Å²) in [6, 6.07) is 12.8. The van der Waals surface area contributed by atoms with Crippen LogP contribution >= 0.6 is 11.3 Å². The Bertz CT molecular complexity index is 1170. The Hall–Kier alpha value is -3.04. The summed E-state index contributed by atoms with van der Waals surface area (Å²) in [7, 11) is 0. The Labute approximate surface area is 175 Å². The van der Waals surface area contributed by atoms with Gasteiger partial charge in [0.25, 0.3) is 0 Å². The summed E-state index contributed by atoms with van der Waals surface area (Å²) in [5.41, 5.74) is 1.47. The average Bonchev–Trinajstić information content (AvgIpc) is 3.34. The topological polar surface area (TPSA) is 56.9 Å². The van der Waals surface area contributed by atoms with Gasteiger partial charge in [0.05, 0.1) is 16.6 Å². The van der Waals surface area contributed by atoms with Gasteiger partial charge in [-0.3, -0.25) is 4.90 Å². The zero-order valence-corrected chi connectivity index (χ0v) is 16.8. The summed E-state index contributed by atoms with van der Waals surface area (Å²) in [5.74, 6) is -0.503. The van der Waals surface area contributed by atoms with Crippen LogP contribution in [0.2, 0.25) is 0 Å². The van der Waals surface area contributed by atoms with Crippen LogP contribution in [-0.4, -0.2) is 50.8 Å². The number of aromatic hydroxyl groups is 1. The Balaban J connectivity index is 1.47. The van der Waals surface area contributed by atoms with E-state index in [1.165, 1.54) is 40.4 Å². The molecule has 30 heavy (non-hydrogen) atoms. The van der Waals surface area contributed by atoms with Crippen LogP contribution in [0.4, 0.5) is 14.5 Å². The minimum Gasteiger partial charge on any atom is -0.492 e. The van der Waals surface area contributed by atoms with Crippen LogP contribution in [-0.2, 0) is 0 Å². The maximum absolute atomic E-state index is 14.2. The van der Waals surface area contributed by atoms with Crippen molar-refractivity contribution < 1.29 is 13.9 Å². The molecule has 1 saturated heterocycles. The molecule has 0 spiro atoms. The fraction of sp³-hybridized carbons (Fsp3) is 0.238. The van der Waals surface area contributed by atoms with Gasteiger partial charge in [-0.15, -0.1) is 0 Å². The van der Waals surface area contributed by atoms with Crippen LogP contribution < -0.4 is 4.90 Å². The van der Waals surface area contributed by atoms with Gasteiger partial charge in [0, 0.05) is 26.2 Å². The second-order valence-corrected chi connectivity index (χ2v) is 8.18. The van der Waals surface area contributed by atoms with Crippen molar-refractivity contribution in [1.29, 1.82) is 0 Å². The quantitative estimate of drug-likeness (QED) is 0.538. The molecular formula is C21H19F2N5OS. The molecule has 1 aliphatic rings. The lowest BCUT2D eigenvalue weighted by Gasteiger charge is -2.40. The van der Waals surface area contributed by atoms with E-state index in [1.807, 2.05) is 11.0 Å². The first kappa shape index (κ1) is 19.0. The van der Waals surface area contributed by atoms with E-state index in [0.717, 1.165) is 5.56 Å². The number of anilines is 1. The lowest BCUT2D eigenvalue weighted by Crippen LogP contribution is -2.48. The molecule has 0 saturated carbocycles. The summed E-state index contributed by atoms with van der Waals surface area (Å²) in [6.07, 6.45) is 1.40. The predicted octanol–water partition coefficient (Wildman–Crippen LogP) is 3.69. The van der Waals surface area contributed by atoms with Crippen molar-refractivity contribution in [2.24, 2.45) is 0 Å². The molecule has 1 aliphatic heterocycles. The van der Waals surface area contributed by atoms with Gasteiger partial charge in [-0.2, -0.15) is 9.61 Å². The number of halogens is 2. The molecule has 154 valence electrons. The first-order valence-electron chi connectivity index (χ1n) is 9.62. The van der Waals surface area contributed by atoms with Gasteiger partial charge in [-0.05, 0) is 29.8 Å². The van der Waals surface area contributed by atoms with Crippen LogP contribution in [0.1, 0.15) is 16.5 Å². The molecule has 0 radical (unpaired) electrons. The van der Waals surface area contributed by atoms with E-state index in [4.69, 9.17) is 0 Å². The number of fused-ring (bicyclic) bond motifs is 1. The van der Waals surface area contributed by atoms with Gasteiger partial charge in [-0.1, -0.05) is 35.6 Å². The molecule has 0 amide bonds. The molecule has 1 N–H and O–H groups in total. The molecule has 6 nitrogen and oxygen atoms in total. The third-order valence-electron chi connectivity index (χ3n) is 5.45. The highest BCUT2D eigenvalue weighted by Gasteiger charge is 2.32. The van der Waals surface area contributed by atoms with Gasteiger partial charge >= 0.3 is 0 Å². The molecule has 0 bridgehead atoms. The zero-order chi connectivity index (χ0) is 20.7. The van der Waals surface area contributed by atoms with Gasteiger partial charge in [-0.25, -0.2) is 13.8 Å². The van der Waals surface area contributed by atoms with Crippen LogP contribution in [0.15, 0.2) is 54.9 Å². The molecule has 4 aromatic rings. The number of benzene rings is 2. The highest BCUT2D eigenvalue weighted by Crippen LogP contribution is 2.40. The predicted molar refractivity (Wildman–Crippen MR) is 111 cm³/mol. The minimum atomic E-state index is -0.311. The van der Waals surface area contributed by atoms with E-state index in [1.54, 1.807) is 24.3 Å². The van der Waals surface area contributed by atoms with E-state index in [0.29, 0.717) is 41.7 Å². The summed E-state index contributed by atoms with van der Waals surface area (Å²) in [5, 5.41) is 14.8. The van der Waals surface area contributed by atoms with Crippen molar-refractivity contribution in [2.45, 2.75) is 6.04 Å². The summed E-state index contributed by atoms with van der Waals surface area (Å²) in [6.45, 7) is 2.59. The van der Waals surface area contributed by atoms with Crippen molar-refractivity contribution >= 4 is 22.0 Å². The molecule has 1 atom stereocenters. The third kappa shape index (κ3) is 3.29. The molecule has 2 aromatic heterocycles. The molecule has 0 unspecified atom stereocenters. The van der Waals surface area contributed by atoms with E-state index >= 15 is 0 Å². The van der Waals surface area contributed by atoms with Crippen molar-refractivity contribution in [2.75, 3.05) is 31.1 Å². The molecule has 5 rings (SSSR count). The van der Waals surface area contributed by atoms with Gasteiger partial charge in [0.15, 0.2) is 0 Å². The fourth-order valence-electron chi connectivity index (χ4n) is 3.97. The van der Waals surface area contributed by atoms with E-state index in [2.05, 4.69) is 15.0 Å². The summed E-state index contributed by atoms with van der Waals surface area (Å²) < 4.78 is 29.1. The average molecular weight is 427 g/mol. The second-order valence-electron chi connectivity index (χ2n) is 7.17. The van der Waals surface area contributed by atoms with Crippen molar-refractivity contribution in [3.05, 3.63) is 76.9 Å². The Morgan fingerprint density at radius 3 is 2.40 bits per heavy atom. The third-order valence-corrected chi connectivity index (χ3v) is 6.53. The number of nitrogens with zero attached hydrogens (tertiary/aromatic N) is 5. The number of thiazole rings is 1. The second kappa shape index (κ2) is 7.66. The highest BCUT2D eigenvalue weighted by molar-refractivity contribution is 7.17. The van der Waals surface area contributed by atoms with Crippen molar-refractivity contribution in [3.8, 4) is 5.88 Å². The van der Waals surface area contributed by atoms with E-state index < -0.39 is 0 Å². The van der Waals surface area contributed by atoms with Gasteiger partial charge in [0.2, 0.25) is 10.8 Å². The number of piperazine rings is 1. The monoisotopic (exact) mass is 427 g/mol. The molecule has 2 aromatic carbocycles. The number of hydrogen-bond acceptors (Lipinski definition) is 6. The van der Waals surface area contributed by atoms with E-state index in [9.17, 15) is 13.9 Å². The number of rotatable bonds is 4. The van der Waals surface area contributed by atoms with Crippen molar-refractivity contribution in [3.63, 3.8) is 0 Å². The van der Waals surface area contributed by atoms with Crippen LogP contribution in [0, 0.1) is 11.6 Å². The zero-order valence-electron chi connectivity index (χ0n) is 15.9. The molecule has 9 heteroatoms. The highest BCUT2D eigenvalue weighted by atomic mass is 32.1. The van der Waals surface area contributed by atoms with Gasteiger partial charge in [0.1, 0.15) is 18.0 Å². The first-order chi connectivity index (χ1) is 14.6. The van der Waals surface area contributed by atoms with Crippen molar-refractivity contribution in [1.82, 2.24) is 19.5 Å². The maximum Gasteiger partial charge on any atom is 0.230 e. The SMILES string of the molecule is Oc1c([C@@H](c2ccc(F)cc2)N2CCN(c3ccccc3F)CC2)sc2ncnn12. The smallest absolute Gasteiger partial charge is 0.230 e. The van der Waals surface area contributed by atoms with Crippen LogP contribution in [0.25, 0.3) is 4.96 Å². The molecular weight excluding hydrogens is 408 g/mol. The number of aromatic nitrogens is 3. The first-order valence-corrected chi connectivity index (χ1v) is 10.4. The lowest BCUT2D eigenvalue weighted by molar-refractivity contribution is 0.210. The van der Waals surface area contributed by atoms with E-state index in [-0.39, 0.29) is 23.6 Å². The Morgan fingerprint density at radius 1 is 0.967 bits per heavy atom. The fourth-order valence-corrected chi connectivity index (χ4v) is 5.07. The lowest BCUT2D eigenvalue weighted by atomic mass is 10.0. The molecule has 3 heterocycles. The Kier molecular flexibility index (Phi) is 4.84. The number of para-hydroxylation sites is 1. The summed E-state index contributed by atoms with van der Waals surface area (Å²) in [4.78, 5) is 9.72. The maximum atomic E-state index is 14.2. The van der Waals surface area contributed by atoms with Gasteiger partial charge < -0.3 is 10.0 Å². The van der Waals surface area contributed by atoms with Crippen LogP contribution in [0.5, 0.6) is 5.88 Å². The molecule has 1 fully saturated rings. The Morgan fingerprint density at radius 2 is 1.70 bits per heavy atom. The molecule has 0 aliphatic carbocycles. The standard InChI is InChI=1S/C21H19F2N5OS/c22-15-7-5-14(6-8-15)18(19-20(29)28-21(30-19)24-13-25-28)27-11-9-26(10-12-27)17-4-2-1-3-16(17)23/h1-8,13,18,29H,9-12H2/t18-/m1/s1. The normalized spacial score (nSPS) is 16.3. The minimum absolute atomic E-state index is 0.0401.